The highest BCUT2D eigenvalue weighted by molar-refractivity contribution is 7.15. The maximum Gasteiger partial charge on any atom is 0.185 e. The van der Waals surface area contributed by atoms with Gasteiger partial charge in [0.1, 0.15) is 0 Å². The first-order valence-electron chi connectivity index (χ1n) is 7.41. The maximum atomic E-state index is 4.86. The molecule has 3 rings (SSSR count). The monoisotopic (exact) mass is 280 g/mol. The van der Waals surface area contributed by atoms with Gasteiger partial charge in [0, 0.05) is 43.6 Å². The van der Waals surface area contributed by atoms with E-state index in [-0.39, 0.29) is 0 Å². The molecule has 1 aromatic heterocycles. The van der Waals surface area contributed by atoms with Gasteiger partial charge in [-0.2, -0.15) is 0 Å². The summed E-state index contributed by atoms with van der Waals surface area (Å²) < 4.78 is 0. The molecule has 4 nitrogen and oxygen atoms in total. The fourth-order valence-corrected chi connectivity index (χ4v) is 3.59. The summed E-state index contributed by atoms with van der Waals surface area (Å²) in [6, 6.07) is 0.777. The van der Waals surface area contributed by atoms with Crippen molar-refractivity contribution >= 4 is 16.5 Å². The molecule has 1 aliphatic heterocycles. The van der Waals surface area contributed by atoms with Crippen LogP contribution < -0.4 is 10.2 Å². The average Bonchev–Trinajstić information content (AvgIpc) is 3.16. The van der Waals surface area contributed by atoms with Crippen LogP contribution in [0.3, 0.4) is 0 Å². The second-order valence-electron chi connectivity index (χ2n) is 5.67. The fraction of sp³-hybridized carbons (Fsp3) is 0.786. The molecule has 0 amide bonds. The minimum atomic E-state index is 0.777. The Labute approximate surface area is 119 Å². The normalized spacial score (nSPS) is 21.1. The molecule has 0 spiro atoms. The Balaban J connectivity index is 1.67. The summed E-state index contributed by atoms with van der Waals surface area (Å²) in [5, 5.41) is 4.85. The number of likely N-dealkylation sites (N-methyl/N-ethyl adjacent to an activating group) is 1. The van der Waals surface area contributed by atoms with Crippen molar-refractivity contribution in [2.75, 3.05) is 38.1 Å². The SMILES string of the molecule is CCc1nc(N2CCN(C)CC2)sc1CNC1CC1. The highest BCUT2D eigenvalue weighted by atomic mass is 32.1. The number of nitrogens with zero attached hydrogens (tertiary/aromatic N) is 3. The molecule has 1 N–H and O–H groups in total. The molecule has 0 bridgehead atoms. The quantitative estimate of drug-likeness (QED) is 0.890. The molecule has 0 radical (unpaired) electrons. The predicted molar refractivity (Wildman–Crippen MR) is 81.1 cm³/mol. The first-order valence-corrected chi connectivity index (χ1v) is 8.23. The van der Waals surface area contributed by atoms with Crippen LogP contribution in [0.15, 0.2) is 0 Å². The van der Waals surface area contributed by atoms with Gasteiger partial charge in [-0.1, -0.05) is 6.92 Å². The Bertz CT molecular complexity index is 419. The van der Waals surface area contributed by atoms with E-state index >= 15 is 0 Å². The number of hydrogen-bond acceptors (Lipinski definition) is 5. The summed E-state index contributed by atoms with van der Waals surface area (Å²) in [5.41, 5.74) is 1.30. The lowest BCUT2D eigenvalue weighted by molar-refractivity contribution is 0.312. The van der Waals surface area contributed by atoms with Crippen molar-refractivity contribution in [1.82, 2.24) is 15.2 Å². The maximum absolute atomic E-state index is 4.86. The minimum absolute atomic E-state index is 0.777. The first kappa shape index (κ1) is 13.3. The second kappa shape index (κ2) is 5.77. The van der Waals surface area contributed by atoms with E-state index in [0.29, 0.717) is 0 Å². The number of anilines is 1. The molecular formula is C14H24N4S. The van der Waals surface area contributed by atoms with Crippen molar-refractivity contribution in [3.63, 3.8) is 0 Å². The highest BCUT2D eigenvalue weighted by Gasteiger charge is 2.23. The van der Waals surface area contributed by atoms with Gasteiger partial charge in [-0.05, 0) is 26.3 Å². The molecule has 19 heavy (non-hydrogen) atoms. The third-order valence-corrected chi connectivity index (χ3v) is 5.16. The van der Waals surface area contributed by atoms with Crippen molar-refractivity contribution in [3.8, 4) is 0 Å². The van der Waals surface area contributed by atoms with Gasteiger partial charge in [0.05, 0.1) is 5.69 Å². The molecule has 1 saturated heterocycles. The Morgan fingerprint density at radius 3 is 2.63 bits per heavy atom. The molecule has 5 heteroatoms. The number of rotatable bonds is 5. The Morgan fingerprint density at radius 1 is 1.26 bits per heavy atom. The second-order valence-corrected chi connectivity index (χ2v) is 6.73. The van der Waals surface area contributed by atoms with Crippen LogP contribution in [0.4, 0.5) is 5.13 Å². The van der Waals surface area contributed by atoms with Crippen LogP contribution in [0.5, 0.6) is 0 Å². The summed E-state index contributed by atoms with van der Waals surface area (Å²) >= 11 is 1.90. The number of nitrogens with one attached hydrogen (secondary N) is 1. The molecule has 0 aromatic carbocycles. The van der Waals surface area contributed by atoms with E-state index in [0.717, 1.165) is 45.2 Å². The molecule has 2 heterocycles. The van der Waals surface area contributed by atoms with E-state index < -0.39 is 0 Å². The van der Waals surface area contributed by atoms with E-state index in [1.54, 1.807) is 0 Å². The minimum Gasteiger partial charge on any atom is -0.346 e. The van der Waals surface area contributed by atoms with Crippen molar-refractivity contribution in [3.05, 3.63) is 10.6 Å². The summed E-state index contributed by atoms with van der Waals surface area (Å²) in [4.78, 5) is 11.1. The number of aromatic nitrogens is 1. The van der Waals surface area contributed by atoms with Gasteiger partial charge in [0.15, 0.2) is 5.13 Å². The summed E-state index contributed by atoms with van der Waals surface area (Å²) in [5.74, 6) is 0. The summed E-state index contributed by atoms with van der Waals surface area (Å²) in [6.07, 6.45) is 3.75. The lowest BCUT2D eigenvalue weighted by Crippen LogP contribution is -2.44. The summed E-state index contributed by atoms with van der Waals surface area (Å²) in [7, 11) is 2.20. The molecule has 1 aliphatic carbocycles. The Hall–Kier alpha value is -0.650. The van der Waals surface area contributed by atoms with Crippen LogP contribution >= 0.6 is 11.3 Å². The highest BCUT2D eigenvalue weighted by Crippen LogP contribution is 2.28. The van der Waals surface area contributed by atoms with Crippen molar-refractivity contribution in [2.24, 2.45) is 0 Å². The fourth-order valence-electron chi connectivity index (χ4n) is 2.44. The standard InChI is InChI=1S/C14H24N4S/c1-3-12-13(10-15-11-4-5-11)19-14(16-12)18-8-6-17(2)7-9-18/h11,15H,3-10H2,1-2H3. The summed E-state index contributed by atoms with van der Waals surface area (Å²) in [6.45, 7) is 7.75. The Morgan fingerprint density at radius 2 is 2.00 bits per heavy atom. The third kappa shape index (κ3) is 3.27. The van der Waals surface area contributed by atoms with Crippen molar-refractivity contribution in [1.29, 1.82) is 0 Å². The largest absolute Gasteiger partial charge is 0.346 e. The molecule has 2 aliphatic rings. The van der Waals surface area contributed by atoms with Gasteiger partial charge >= 0.3 is 0 Å². The van der Waals surface area contributed by atoms with Gasteiger partial charge in [-0.3, -0.25) is 0 Å². The topological polar surface area (TPSA) is 31.4 Å². The van der Waals surface area contributed by atoms with Crippen LogP contribution in [-0.2, 0) is 13.0 Å². The van der Waals surface area contributed by atoms with E-state index in [9.17, 15) is 0 Å². The van der Waals surface area contributed by atoms with E-state index in [4.69, 9.17) is 4.98 Å². The number of piperazine rings is 1. The van der Waals surface area contributed by atoms with Gasteiger partial charge in [-0.25, -0.2) is 4.98 Å². The predicted octanol–water partition coefficient (Wildman–Crippen LogP) is 1.71. The van der Waals surface area contributed by atoms with Crippen molar-refractivity contribution in [2.45, 2.75) is 38.8 Å². The molecule has 1 saturated carbocycles. The Kier molecular flexibility index (Phi) is 4.05. The zero-order valence-electron chi connectivity index (χ0n) is 12.0. The molecular weight excluding hydrogens is 256 g/mol. The molecule has 1 aromatic rings. The van der Waals surface area contributed by atoms with E-state index in [2.05, 4.69) is 29.1 Å². The smallest absolute Gasteiger partial charge is 0.185 e. The average molecular weight is 280 g/mol. The van der Waals surface area contributed by atoms with Crippen molar-refractivity contribution < 1.29 is 0 Å². The van der Waals surface area contributed by atoms with Crippen LogP contribution in [0.1, 0.15) is 30.3 Å². The lowest BCUT2D eigenvalue weighted by Gasteiger charge is -2.32. The van der Waals surface area contributed by atoms with E-state index in [1.165, 1.54) is 28.5 Å². The van der Waals surface area contributed by atoms with Crippen LogP contribution in [0.2, 0.25) is 0 Å². The van der Waals surface area contributed by atoms with Gasteiger partial charge in [-0.15, -0.1) is 11.3 Å². The lowest BCUT2D eigenvalue weighted by atomic mass is 10.3. The molecule has 106 valence electrons. The molecule has 0 atom stereocenters. The van der Waals surface area contributed by atoms with Crippen LogP contribution in [-0.4, -0.2) is 49.2 Å². The molecule has 0 unspecified atom stereocenters. The number of thiazole rings is 1. The molecule has 2 fully saturated rings. The van der Waals surface area contributed by atoms with Gasteiger partial charge in [0.2, 0.25) is 0 Å². The number of aryl methyl sites for hydroxylation is 1. The number of hydrogen-bond donors (Lipinski definition) is 1. The first-order chi connectivity index (χ1) is 9.26. The third-order valence-electron chi connectivity index (χ3n) is 4.00. The zero-order chi connectivity index (χ0) is 13.2. The van der Waals surface area contributed by atoms with Gasteiger partial charge in [0.25, 0.3) is 0 Å². The van der Waals surface area contributed by atoms with Crippen LogP contribution in [0.25, 0.3) is 0 Å². The zero-order valence-corrected chi connectivity index (χ0v) is 12.8. The van der Waals surface area contributed by atoms with E-state index in [1.807, 2.05) is 11.3 Å². The van der Waals surface area contributed by atoms with Crippen LogP contribution in [0, 0.1) is 0 Å². The van der Waals surface area contributed by atoms with Gasteiger partial charge < -0.3 is 15.1 Å².